The molecule has 0 fully saturated rings. The van der Waals surface area contributed by atoms with Crippen molar-refractivity contribution in [1.82, 2.24) is 14.9 Å². The van der Waals surface area contributed by atoms with Crippen molar-refractivity contribution in [3.05, 3.63) is 52.3 Å². The molecule has 25 heavy (non-hydrogen) atoms. The summed E-state index contributed by atoms with van der Waals surface area (Å²) >= 11 is 0. The van der Waals surface area contributed by atoms with E-state index in [9.17, 15) is 28.1 Å². The predicted molar refractivity (Wildman–Crippen MR) is 79.0 cm³/mol. The third-order valence-electron chi connectivity index (χ3n) is 3.07. The van der Waals surface area contributed by atoms with Crippen LogP contribution >= 0.6 is 0 Å². The second kappa shape index (κ2) is 7.64. The molecule has 2 aromatic rings. The second-order valence-corrected chi connectivity index (χ2v) is 4.86. The van der Waals surface area contributed by atoms with Crippen LogP contribution in [0.5, 0.6) is 5.75 Å². The predicted octanol–water partition coefficient (Wildman–Crippen LogP) is 2.51. The summed E-state index contributed by atoms with van der Waals surface area (Å²) in [7, 11) is 0. The van der Waals surface area contributed by atoms with Crippen molar-refractivity contribution >= 4 is 11.9 Å². The summed E-state index contributed by atoms with van der Waals surface area (Å²) in [5, 5.41) is 13.3. The Hall–Kier alpha value is -3.11. The molecule has 0 bridgehead atoms. The Bertz CT molecular complexity index is 743. The summed E-state index contributed by atoms with van der Waals surface area (Å²) in [5.74, 6) is -1.18. The lowest BCUT2D eigenvalue weighted by atomic mass is 10.2. The van der Waals surface area contributed by atoms with Gasteiger partial charge in [0.1, 0.15) is 18.1 Å². The summed E-state index contributed by atoms with van der Waals surface area (Å²) in [6, 6.07) is 4.49. The van der Waals surface area contributed by atoms with E-state index in [1.165, 1.54) is 29.1 Å². The molecule has 0 radical (unpaired) electrons. The van der Waals surface area contributed by atoms with Crippen molar-refractivity contribution in [3.63, 3.8) is 0 Å². The molecule has 8 nitrogen and oxygen atoms in total. The first kappa shape index (κ1) is 18.2. The van der Waals surface area contributed by atoms with Crippen molar-refractivity contribution in [2.45, 2.75) is 19.3 Å². The Labute approximate surface area is 139 Å². The third kappa shape index (κ3) is 5.48. The van der Waals surface area contributed by atoms with Gasteiger partial charge in [0.2, 0.25) is 0 Å². The minimum absolute atomic E-state index is 0.170. The largest absolute Gasteiger partial charge is 0.573 e. The summed E-state index contributed by atoms with van der Waals surface area (Å²) < 4.78 is 41.2. The van der Waals surface area contributed by atoms with E-state index in [1.807, 2.05) is 0 Å². The smallest absolute Gasteiger partial charge is 0.406 e. The first-order valence-electron chi connectivity index (χ1n) is 7.06. The summed E-state index contributed by atoms with van der Waals surface area (Å²) in [6.45, 7) is 0.518. The van der Waals surface area contributed by atoms with E-state index >= 15 is 0 Å². The lowest BCUT2D eigenvalue weighted by molar-refractivity contribution is -0.396. The number of aryl methyl sites for hydroxylation is 1. The lowest BCUT2D eigenvalue weighted by Gasteiger charge is -2.09. The number of carbonyl (C=O) groups is 1. The van der Waals surface area contributed by atoms with Crippen molar-refractivity contribution in [2.75, 3.05) is 6.54 Å². The Balaban J connectivity index is 1.80. The number of carbonyl (C=O) groups excluding carboxylic acids is 1. The maximum atomic E-state index is 12.1. The molecule has 0 aliphatic carbocycles. The van der Waals surface area contributed by atoms with Crippen LogP contribution in [0.1, 0.15) is 16.8 Å². The number of halogens is 3. The number of nitrogens with zero attached hydrogens (tertiary/aromatic N) is 3. The number of aromatic nitrogens is 2. The van der Waals surface area contributed by atoms with Crippen LogP contribution in [0, 0.1) is 10.1 Å². The maximum Gasteiger partial charge on any atom is 0.573 e. The minimum atomic E-state index is -4.79. The topological polar surface area (TPSA) is 99.3 Å². The Morgan fingerprint density at radius 3 is 2.60 bits per heavy atom. The SMILES string of the molecule is O=C(NCCCn1ccnc1[N+](=O)[O-])c1ccc(OC(F)(F)F)cc1. The van der Waals surface area contributed by atoms with Crippen LogP contribution in [0.25, 0.3) is 0 Å². The average Bonchev–Trinajstić information content (AvgIpc) is 2.99. The highest BCUT2D eigenvalue weighted by molar-refractivity contribution is 5.94. The molecule has 0 aliphatic heterocycles. The van der Waals surface area contributed by atoms with Gasteiger partial charge in [0.05, 0.1) is 6.54 Å². The molecule has 0 saturated carbocycles. The summed E-state index contributed by atoms with van der Waals surface area (Å²) in [5.41, 5.74) is 0.170. The van der Waals surface area contributed by atoms with Gasteiger partial charge in [0.25, 0.3) is 5.91 Å². The van der Waals surface area contributed by atoms with Crippen molar-refractivity contribution in [2.24, 2.45) is 0 Å². The van der Waals surface area contributed by atoms with Crippen LogP contribution in [0.2, 0.25) is 0 Å². The molecular formula is C14H13F3N4O4. The lowest BCUT2D eigenvalue weighted by Crippen LogP contribution is -2.25. The summed E-state index contributed by atoms with van der Waals surface area (Å²) in [6.07, 6.45) is -1.61. The molecule has 11 heteroatoms. The van der Waals surface area contributed by atoms with E-state index in [1.54, 1.807) is 0 Å². The molecule has 1 N–H and O–H groups in total. The molecule has 0 spiro atoms. The molecule has 0 unspecified atom stereocenters. The fourth-order valence-corrected chi connectivity index (χ4v) is 2.01. The quantitative estimate of drug-likeness (QED) is 0.466. The highest BCUT2D eigenvalue weighted by Gasteiger charge is 2.31. The van der Waals surface area contributed by atoms with E-state index in [0.717, 1.165) is 12.1 Å². The number of ether oxygens (including phenoxy) is 1. The standard InChI is InChI=1S/C14H13F3N4O4/c15-14(16,17)25-11-4-2-10(3-5-11)12(22)18-6-1-8-20-9-7-19-13(20)21(23)24/h2-5,7,9H,1,6,8H2,(H,18,22). The molecule has 134 valence electrons. The molecule has 1 amide bonds. The number of hydrogen-bond acceptors (Lipinski definition) is 5. The van der Waals surface area contributed by atoms with Gasteiger partial charge in [0, 0.05) is 12.1 Å². The van der Waals surface area contributed by atoms with Gasteiger partial charge in [-0.05, 0) is 35.6 Å². The molecule has 0 aliphatic rings. The number of nitrogens with one attached hydrogen (secondary N) is 1. The van der Waals surface area contributed by atoms with Gasteiger partial charge in [-0.2, -0.15) is 0 Å². The fraction of sp³-hybridized carbons (Fsp3) is 0.286. The molecular weight excluding hydrogens is 345 g/mol. The monoisotopic (exact) mass is 358 g/mol. The minimum Gasteiger partial charge on any atom is -0.406 e. The molecule has 2 rings (SSSR count). The third-order valence-corrected chi connectivity index (χ3v) is 3.07. The van der Waals surface area contributed by atoms with Crippen LogP contribution in [0.4, 0.5) is 19.1 Å². The molecule has 0 atom stereocenters. The average molecular weight is 358 g/mol. The highest BCUT2D eigenvalue weighted by atomic mass is 19.4. The van der Waals surface area contributed by atoms with Gasteiger partial charge in [-0.25, -0.2) is 4.57 Å². The van der Waals surface area contributed by atoms with E-state index in [4.69, 9.17) is 0 Å². The van der Waals surface area contributed by atoms with Gasteiger partial charge >= 0.3 is 12.3 Å². The fourth-order valence-electron chi connectivity index (χ4n) is 2.01. The van der Waals surface area contributed by atoms with Crippen molar-refractivity contribution < 1.29 is 27.6 Å². The maximum absolute atomic E-state index is 12.1. The molecule has 1 aromatic carbocycles. The van der Waals surface area contributed by atoms with E-state index in [2.05, 4.69) is 15.0 Å². The molecule has 1 aromatic heterocycles. The molecule has 1 heterocycles. The number of alkyl halides is 3. The zero-order chi connectivity index (χ0) is 18.4. The normalized spacial score (nSPS) is 11.2. The van der Waals surface area contributed by atoms with Gasteiger partial charge in [-0.1, -0.05) is 4.98 Å². The number of benzene rings is 1. The first-order chi connectivity index (χ1) is 11.8. The molecule has 0 saturated heterocycles. The van der Waals surface area contributed by atoms with Gasteiger partial charge < -0.3 is 20.2 Å². The first-order valence-corrected chi connectivity index (χ1v) is 7.06. The number of rotatable bonds is 7. The van der Waals surface area contributed by atoms with Crippen LogP contribution in [0.3, 0.4) is 0 Å². The Morgan fingerprint density at radius 2 is 2.00 bits per heavy atom. The van der Waals surface area contributed by atoms with Crippen molar-refractivity contribution in [1.29, 1.82) is 0 Å². The van der Waals surface area contributed by atoms with Crippen molar-refractivity contribution in [3.8, 4) is 5.75 Å². The Morgan fingerprint density at radius 1 is 1.32 bits per heavy atom. The van der Waals surface area contributed by atoms with Crippen LogP contribution in [-0.2, 0) is 6.54 Å². The number of nitro groups is 1. The number of imidazole rings is 1. The van der Waals surface area contributed by atoms with Crippen LogP contribution in [-0.4, -0.2) is 33.3 Å². The van der Waals surface area contributed by atoms with Gasteiger partial charge in [-0.15, -0.1) is 13.2 Å². The zero-order valence-electron chi connectivity index (χ0n) is 12.7. The number of amides is 1. The number of hydrogen-bond donors (Lipinski definition) is 1. The highest BCUT2D eigenvalue weighted by Crippen LogP contribution is 2.22. The second-order valence-electron chi connectivity index (χ2n) is 4.86. The Kier molecular flexibility index (Phi) is 5.57. The van der Waals surface area contributed by atoms with Crippen LogP contribution in [0.15, 0.2) is 36.7 Å². The van der Waals surface area contributed by atoms with E-state index < -0.39 is 22.9 Å². The summed E-state index contributed by atoms with van der Waals surface area (Å²) in [4.78, 5) is 25.6. The van der Waals surface area contributed by atoms with Crippen LogP contribution < -0.4 is 10.1 Å². The van der Waals surface area contributed by atoms with Gasteiger partial charge in [-0.3, -0.25) is 4.79 Å². The van der Waals surface area contributed by atoms with E-state index in [-0.39, 0.29) is 24.6 Å². The zero-order valence-corrected chi connectivity index (χ0v) is 12.7. The van der Waals surface area contributed by atoms with E-state index in [0.29, 0.717) is 6.42 Å². The van der Waals surface area contributed by atoms with Gasteiger partial charge in [0.15, 0.2) is 0 Å².